The Kier molecular flexibility index (Phi) is 7.57. The Bertz CT molecular complexity index is 601. The number of hydrogen-bond donors (Lipinski definition) is 1. The summed E-state index contributed by atoms with van der Waals surface area (Å²) in [6.07, 6.45) is 0. The molecule has 0 saturated carbocycles. The molecule has 7 heteroatoms. The van der Waals surface area contributed by atoms with E-state index in [9.17, 15) is 5.11 Å². The van der Waals surface area contributed by atoms with Gasteiger partial charge in [0, 0.05) is 39.5 Å². The summed E-state index contributed by atoms with van der Waals surface area (Å²) in [5.41, 5.74) is 3.77. The molecule has 0 bridgehead atoms. The van der Waals surface area contributed by atoms with E-state index in [1.165, 1.54) is 11.8 Å². The molecule has 0 aromatic heterocycles. The first-order chi connectivity index (χ1) is 10.6. The fourth-order valence-electron chi connectivity index (χ4n) is 1.91. The van der Waals surface area contributed by atoms with Crippen LogP contribution in [0, 0.1) is 13.8 Å². The van der Waals surface area contributed by atoms with E-state index in [2.05, 4.69) is 0 Å². The second-order valence-corrected chi connectivity index (χ2v) is 7.66. The summed E-state index contributed by atoms with van der Waals surface area (Å²) in [4.78, 5) is 3.64. The highest BCUT2D eigenvalue weighted by Crippen LogP contribution is 2.32. The van der Waals surface area contributed by atoms with E-state index in [1.54, 1.807) is 4.90 Å². The number of phenolic OH excluding ortho intramolecular Hbond substituents is 1. The molecule has 23 heavy (non-hydrogen) atoms. The van der Waals surface area contributed by atoms with Crippen LogP contribution in [-0.2, 0) is 17.1 Å². The predicted molar refractivity (Wildman–Crippen MR) is 106 cm³/mol. The summed E-state index contributed by atoms with van der Waals surface area (Å²) in [6.45, 7) is 4.27. The molecule has 1 rings (SSSR count). The van der Waals surface area contributed by atoms with Gasteiger partial charge in [0.25, 0.3) is 5.17 Å². The van der Waals surface area contributed by atoms with E-state index in [0.29, 0.717) is 23.3 Å². The smallest absolute Gasteiger partial charge is 0.259 e. The molecule has 1 N–H and O–H groups in total. The number of thiocarbonyl (C=S) groups is 2. The van der Waals surface area contributed by atoms with Crippen molar-refractivity contribution < 1.29 is 9.84 Å². The molecule has 0 fully saturated rings. The molecule has 4 nitrogen and oxygen atoms in total. The molecular formula is C16H24N2O2S3. The van der Waals surface area contributed by atoms with Gasteiger partial charge in [-0.1, -0.05) is 24.0 Å². The summed E-state index contributed by atoms with van der Waals surface area (Å²) in [5, 5.41) is 10.8. The van der Waals surface area contributed by atoms with E-state index in [0.717, 1.165) is 26.6 Å². The number of phenols is 1. The Labute approximate surface area is 153 Å². The van der Waals surface area contributed by atoms with Crippen LogP contribution in [0.2, 0.25) is 0 Å². The van der Waals surface area contributed by atoms with Crippen LogP contribution in [0.25, 0.3) is 0 Å². The standard InChI is InChI=1S/C16H24N2O2S3/c1-10-7-12(8-20-15(21)17(3)4)11(2)13(14(10)19)9-23-16(22)18(5)6/h7,19H,8-9H2,1-6H3. The highest BCUT2D eigenvalue weighted by molar-refractivity contribution is 8.22. The van der Waals surface area contributed by atoms with Gasteiger partial charge in [-0.25, -0.2) is 0 Å². The van der Waals surface area contributed by atoms with Crippen LogP contribution < -0.4 is 0 Å². The van der Waals surface area contributed by atoms with Crippen LogP contribution in [0.5, 0.6) is 5.75 Å². The fourth-order valence-corrected chi connectivity index (χ4v) is 3.02. The number of thioether (sulfide) groups is 1. The Morgan fingerprint density at radius 1 is 1.17 bits per heavy atom. The van der Waals surface area contributed by atoms with Crippen molar-refractivity contribution >= 4 is 45.7 Å². The number of rotatable bonds is 4. The zero-order valence-corrected chi connectivity index (χ0v) is 16.9. The van der Waals surface area contributed by atoms with Gasteiger partial charge in [-0.2, -0.15) is 0 Å². The highest BCUT2D eigenvalue weighted by atomic mass is 32.2. The largest absolute Gasteiger partial charge is 0.507 e. The average molecular weight is 373 g/mol. The van der Waals surface area contributed by atoms with Crippen molar-refractivity contribution in [2.24, 2.45) is 0 Å². The fraction of sp³-hybridized carbons (Fsp3) is 0.500. The van der Waals surface area contributed by atoms with Crippen LogP contribution in [0.15, 0.2) is 6.07 Å². The van der Waals surface area contributed by atoms with Crippen molar-refractivity contribution in [1.29, 1.82) is 0 Å². The van der Waals surface area contributed by atoms with Crippen molar-refractivity contribution in [3.05, 3.63) is 28.3 Å². The van der Waals surface area contributed by atoms with Crippen molar-refractivity contribution in [3.8, 4) is 5.75 Å². The first kappa shape index (κ1) is 20.0. The molecule has 0 radical (unpaired) electrons. The van der Waals surface area contributed by atoms with E-state index in [1.807, 2.05) is 53.0 Å². The molecule has 0 amide bonds. The molecule has 0 heterocycles. The minimum atomic E-state index is 0.329. The maximum Gasteiger partial charge on any atom is 0.259 e. The lowest BCUT2D eigenvalue weighted by Crippen LogP contribution is -2.22. The molecule has 1 aromatic rings. The third-order valence-corrected chi connectivity index (χ3v) is 5.65. The van der Waals surface area contributed by atoms with Crippen molar-refractivity contribution in [3.63, 3.8) is 0 Å². The third-order valence-electron chi connectivity index (χ3n) is 3.41. The number of aryl methyl sites for hydroxylation is 1. The number of hydrogen-bond acceptors (Lipinski definition) is 5. The molecule has 0 aliphatic carbocycles. The highest BCUT2D eigenvalue weighted by Gasteiger charge is 2.15. The monoisotopic (exact) mass is 372 g/mol. The molecule has 0 aliphatic heterocycles. The van der Waals surface area contributed by atoms with E-state index >= 15 is 0 Å². The molecule has 0 unspecified atom stereocenters. The minimum Gasteiger partial charge on any atom is -0.507 e. The minimum absolute atomic E-state index is 0.329. The van der Waals surface area contributed by atoms with Gasteiger partial charge < -0.3 is 19.6 Å². The Morgan fingerprint density at radius 2 is 1.78 bits per heavy atom. The summed E-state index contributed by atoms with van der Waals surface area (Å²) in [7, 11) is 7.53. The van der Waals surface area contributed by atoms with E-state index in [4.69, 9.17) is 29.2 Å². The van der Waals surface area contributed by atoms with Gasteiger partial charge in [0.2, 0.25) is 0 Å². The molecule has 0 spiro atoms. The lowest BCUT2D eigenvalue weighted by atomic mass is 9.99. The second kappa shape index (κ2) is 8.70. The predicted octanol–water partition coefficient (Wildman–Crippen LogP) is 3.45. The van der Waals surface area contributed by atoms with Crippen LogP contribution >= 0.6 is 36.2 Å². The quantitative estimate of drug-likeness (QED) is 0.811. The summed E-state index contributed by atoms with van der Waals surface area (Å²) in [6, 6.07) is 1.95. The maximum atomic E-state index is 10.4. The van der Waals surface area contributed by atoms with Gasteiger partial charge in [-0.3, -0.25) is 0 Å². The van der Waals surface area contributed by atoms with Crippen molar-refractivity contribution in [2.45, 2.75) is 26.2 Å². The lowest BCUT2D eigenvalue weighted by molar-refractivity contribution is 0.256. The summed E-state index contributed by atoms with van der Waals surface area (Å²) >= 11 is 12.0. The number of benzene rings is 1. The van der Waals surface area contributed by atoms with Crippen molar-refractivity contribution in [1.82, 2.24) is 9.80 Å². The van der Waals surface area contributed by atoms with Crippen LogP contribution in [0.4, 0.5) is 0 Å². The van der Waals surface area contributed by atoms with Gasteiger partial charge in [-0.05, 0) is 48.8 Å². The molecule has 0 saturated heterocycles. The van der Waals surface area contributed by atoms with E-state index in [-0.39, 0.29) is 0 Å². The zero-order chi connectivity index (χ0) is 17.7. The number of ether oxygens (including phenoxy) is 1. The summed E-state index contributed by atoms with van der Waals surface area (Å²) < 4.78 is 6.41. The zero-order valence-electron chi connectivity index (χ0n) is 14.5. The topological polar surface area (TPSA) is 35.9 Å². The van der Waals surface area contributed by atoms with Crippen LogP contribution in [0.1, 0.15) is 22.3 Å². The average Bonchev–Trinajstić information content (AvgIpc) is 2.48. The van der Waals surface area contributed by atoms with Crippen LogP contribution in [-0.4, -0.2) is 52.6 Å². The third kappa shape index (κ3) is 5.51. The molecule has 0 aliphatic rings. The maximum absolute atomic E-state index is 10.4. The van der Waals surface area contributed by atoms with Gasteiger partial charge in [0.05, 0.1) is 0 Å². The van der Waals surface area contributed by atoms with Gasteiger partial charge in [-0.15, -0.1) is 0 Å². The molecule has 1 aromatic carbocycles. The number of aromatic hydroxyl groups is 1. The first-order valence-electron chi connectivity index (χ1n) is 7.14. The van der Waals surface area contributed by atoms with Gasteiger partial charge >= 0.3 is 0 Å². The Hall–Kier alpha value is -1.05. The van der Waals surface area contributed by atoms with Gasteiger partial charge in [0.15, 0.2) is 0 Å². The van der Waals surface area contributed by atoms with E-state index < -0.39 is 0 Å². The molecule has 0 atom stereocenters. The normalized spacial score (nSPS) is 10.3. The van der Waals surface area contributed by atoms with Crippen molar-refractivity contribution in [2.75, 3.05) is 28.2 Å². The Balaban J connectivity index is 2.98. The number of nitrogens with zero attached hydrogens (tertiary/aromatic N) is 2. The summed E-state index contributed by atoms with van der Waals surface area (Å²) in [5.74, 6) is 0.956. The molecule has 128 valence electrons. The first-order valence-corrected chi connectivity index (χ1v) is 8.94. The lowest BCUT2D eigenvalue weighted by Gasteiger charge is -2.19. The second-order valence-electron chi connectivity index (χ2n) is 5.70. The van der Waals surface area contributed by atoms with Crippen LogP contribution in [0.3, 0.4) is 0 Å². The van der Waals surface area contributed by atoms with Gasteiger partial charge in [0.1, 0.15) is 16.7 Å². The SMILES string of the molecule is Cc1cc(COC(=S)N(C)C)c(C)c(CSC(=S)N(C)C)c1O. The Morgan fingerprint density at radius 3 is 2.30 bits per heavy atom. The molecular weight excluding hydrogens is 348 g/mol.